The number of aldehydes is 1. The molecule has 2 aromatic carbocycles. The van der Waals surface area contributed by atoms with E-state index in [1.807, 2.05) is 15.5 Å². The molecule has 184 valence electrons. The molecule has 2 aliphatic heterocycles. The highest BCUT2D eigenvalue weighted by molar-refractivity contribution is 7.86. The van der Waals surface area contributed by atoms with Crippen molar-refractivity contribution < 1.29 is 14.1 Å². The quantitative estimate of drug-likeness (QED) is 0.436. The van der Waals surface area contributed by atoms with Gasteiger partial charge in [-0.25, -0.2) is 0 Å². The largest absolute Gasteiger partial charge is 0.578 e. The highest BCUT2D eigenvalue weighted by Gasteiger charge is 2.41. The molecule has 8 heteroatoms. The second kappa shape index (κ2) is 11.6. The summed E-state index contributed by atoms with van der Waals surface area (Å²) in [4.78, 5) is 26.1. The van der Waals surface area contributed by atoms with E-state index in [2.05, 4.69) is 59.6 Å². The molecule has 0 aliphatic carbocycles. The number of likely N-dealkylation sites (N-methyl/N-ethyl adjacent to an activating group) is 1. The van der Waals surface area contributed by atoms with Gasteiger partial charge in [0, 0.05) is 38.1 Å². The first kappa shape index (κ1) is 25.1. The molecule has 0 saturated carbocycles. The first-order chi connectivity index (χ1) is 16.5. The van der Waals surface area contributed by atoms with Gasteiger partial charge >= 0.3 is 0 Å². The lowest BCUT2D eigenvalue weighted by Gasteiger charge is -2.40. The molecular formula is C26H36N4O3S. The van der Waals surface area contributed by atoms with Crippen molar-refractivity contribution in [3.8, 4) is 0 Å². The molecule has 0 bridgehead atoms. The van der Waals surface area contributed by atoms with Crippen molar-refractivity contribution in [3.63, 3.8) is 0 Å². The molecule has 2 fully saturated rings. The third kappa shape index (κ3) is 5.63. The number of hydrogen-bond acceptors (Lipinski definition) is 6. The number of rotatable bonds is 9. The number of amides is 1. The summed E-state index contributed by atoms with van der Waals surface area (Å²) in [5.41, 5.74) is 1.33. The van der Waals surface area contributed by atoms with Gasteiger partial charge in [-0.2, -0.15) is 0 Å². The average molecular weight is 485 g/mol. The van der Waals surface area contributed by atoms with Crippen LogP contribution in [0.4, 0.5) is 0 Å². The Kier molecular flexibility index (Phi) is 8.60. The fourth-order valence-electron chi connectivity index (χ4n) is 5.23. The zero-order valence-electron chi connectivity index (χ0n) is 20.2. The highest BCUT2D eigenvalue weighted by Crippen LogP contribution is 2.32. The number of carbonyl (C=O) groups excluding carboxylic acids is 2. The van der Waals surface area contributed by atoms with Gasteiger partial charge in [-0.05, 0) is 49.4 Å². The minimum Gasteiger partial charge on any atom is -0.578 e. The third-order valence-corrected chi connectivity index (χ3v) is 8.80. The molecule has 4 rings (SSSR count). The predicted molar refractivity (Wildman–Crippen MR) is 136 cm³/mol. The molecule has 3 unspecified atom stereocenters. The number of fused-ring (bicyclic) bond motifs is 1. The lowest BCUT2D eigenvalue weighted by atomic mass is 9.96. The smallest absolute Gasteiger partial charge is 0.238 e. The van der Waals surface area contributed by atoms with Crippen LogP contribution >= 0.6 is 0 Å². The van der Waals surface area contributed by atoms with E-state index >= 15 is 0 Å². The fourth-order valence-corrected chi connectivity index (χ4v) is 6.81. The van der Waals surface area contributed by atoms with Crippen molar-refractivity contribution in [2.75, 3.05) is 39.3 Å². The van der Waals surface area contributed by atoms with Crippen LogP contribution in [-0.2, 0) is 21.1 Å². The van der Waals surface area contributed by atoms with Crippen LogP contribution in [0.25, 0.3) is 10.8 Å². The first-order valence-electron chi connectivity index (χ1n) is 12.4. The summed E-state index contributed by atoms with van der Waals surface area (Å²) < 4.78 is 17.2. The fraction of sp³-hybridized carbons (Fsp3) is 0.538. The molecule has 2 aromatic rings. The van der Waals surface area contributed by atoms with Crippen molar-refractivity contribution >= 4 is 34.5 Å². The maximum atomic E-state index is 13.5. The van der Waals surface area contributed by atoms with Gasteiger partial charge < -0.3 is 14.7 Å². The molecule has 34 heavy (non-hydrogen) atoms. The summed E-state index contributed by atoms with van der Waals surface area (Å²) >= 11 is -1.43. The molecule has 1 amide bonds. The van der Waals surface area contributed by atoms with Crippen molar-refractivity contribution in [2.24, 2.45) is 5.92 Å². The van der Waals surface area contributed by atoms with Crippen molar-refractivity contribution in [1.29, 1.82) is 0 Å². The van der Waals surface area contributed by atoms with Gasteiger partial charge in [0.15, 0.2) is 0 Å². The van der Waals surface area contributed by atoms with E-state index in [0.29, 0.717) is 19.6 Å². The van der Waals surface area contributed by atoms with Crippen LogP contribution in [0, 0.1) is 5.92 Å². The number of piperidine rings is 1. The lowest BCUT2D eigenvalue weighted by Crippen LogP contribution is -2.54. The van der Waals surface area contributed by atoms with E-state index < -0.39 is 11.5 Å². The van der Waals surface area contributed by atoms with E-state index in [1.165, 1.54) is 16.3 Å². The number of hydrogen-bond donors (Lipinski definition) is 1. The third-order valence-electron chi connectivity index (χ3n) is 7.20. The number of benzene rings is 2. The van der Waals surface area contributed by atoms with E-state index in [9.17, 15) is 14.1 Å². The Morgan fingerprint density at radius 1 is 1.18 bits per heavy atom. The van der Waals surface area contributed by atoms with Crippen molar-refractivity contribution in [2.45, 2.75) is 45.2 Å². The Balaban J connectivity index is 1.44. The Labute approximate surface area is 205 Å². The Bertz CT molecular complexity index is 976. The summed E-state index contributed by atoms with van der Waals surface area (Å²) in [5, 5.41) is 5.39. The first-order valence-corrected chi connectivity index (χ1v) is 13.5. The normalized spacial score (nSPS) is 22.2. The van der Waals surface area contributed by atoms with Crippen molar-refractivity contribution in [3.05, 3.63) is 48.0 Å². The number of nitrogens with one attached hydrogen (secondary N) is 1. The topological polar surface area (TPSA) is 79.0 Å². The van der Waals surface area contributed by atoms with Gasteiger partial charge in [0.05, 0.1) is 12.6 Å². The SMILES string of the molecule is CCNC(=O)CN(C1CCN(C(C)c2cccc3ccccc23)CC1)[S+]([O-])N1CCC(C=O)C1. The maximum absolute atomic E-state index is 13.5. The lowest BCUT2D eigenvalue weighted by molar-refractivity contribution is -0.121. The van der Waals surface area contributed by atoms with Gasteiger partial charge in [0.1, 0.15) is 24.4 Å². The molecule has 0 spiro atoms. The van der Waals surface area contributed by atoms with Crippen molar-refractivity contribution in [1.82, 2.24) is 18.8 Å². The minimum absolute atomic E-state index is 0.0645. The zero-order chi connectivity index (χ0) is 24.1. The second-order valence-corrected chi connectivity index (χ2v) is 10.8. The van der Waals surface area contributed by atoms with E-state index in [-0.39, 0.29) is 30.5 Å². The zero-order valence-corrected chi connectivity index (χ0v) is 21.0. The Hall–Kier alpha value is -1.97. The molecule has 2 aliphatic rings. The number of nitrogens with zero attached hydrogens (tertiary/aromatic N) is 3. The molecule has 2 saturated heterocycles. The predicted octanol–water partition coefficient (Wildman–Crippen LogP) is 2.90. The highest BCUT2D eigenvalue weighted by atomic mass is 32.2. The van der Waals surface area contributed by atoms with Crippen LogP contribution in [0.5, 0.6) is 0 Å². The van der Waals surface area contributed by atoms with Crippen LogP contribution in [0.1, 0.15) is 44.7 Å². The monoisotopic (exact) mass is 484 g/mol. The van der Waals surface area contributed by atoms with Crippen LogP contribution in [0.2, 0.25) is 0 Å². The summed E-state index contributed by atoms with van der Waals surface area (Å²) in [6.07, 6.45) is 3.39. The van der Waals surface area contributed by atoms with Gasteiger partial charge in [-0.1, -0.05) is 46.8 Å². The standard InChI is InChI=1S/C26H36N4O3S/c1-3-27-26(32)18-30(34(33)29-16-11-21(17-29)19-31)23-12-14-28(15-13-23)20(2)24-10-6-8-22-7-4-5-9-25(22)24/h4-10,19-21,23H,3,11-18H2,1-2H3,(H,27,32). The summed E-state index contributed by atoms with van der Waals surface area (Å²) in [7, 11) is 0. The second-order valence-electron chi connectivity index (χ2n) is 9.34. The molecule has 7 nitrogen and oxygen atoms in total. The van der Waals surface area contributed by atoms with Crippen LogP contribution < -0.4 is 5.32 Å². The average Bonchev–Trinajstić information content (AvgIpc) is 3.36. The van der Waals surface area contributed by atoms with Gasteiger partial charge in [-0.15, -0.1) is 4.31 Å². The van der Waals surface area contributed by atoms with E-state index in [1.54, 1.807) is 0 Å². The van der Waals surface area contributed by atoms with Crippen LogP contribution in [0.3, 0.4) is 0 Å². The number of likely N-dealkylation sites (tertiary alicyclic amines) is 1. The maximum Gasteiger partial charge on any atom is 0.238 e. The molecule has 0 aromatic heterocycles. The molecule has 2 heterocycles. The van der Waals surface area contributed by atoms with E-state index in [0.717, 1.165) is 38.6 Å². The van der Waals surface area contributed by atoms with Gasteiger partial charge in [-0.3, -0.25) is 9.69 Å². The minimum atomic E-state index is -1.43. The molecular weight excluding hydrogens is 448 g/mol. The number of carbonyl (C=O) groups is 2. The van der Waals surface area contributed by atoms with Gasteiger partial charge in [0.25, 0.3) is 0 Å². The van der Waals surface area contributed by atoms with Gasteiger partial charge in [0.2, 0.25) is 5.91 Å². The molecule has 3 atom stereocenters. The van der Waals surface area contributed by atoms with E-state index in [4.69, 9.17) is 0 Å². The summed E-state index contributed by atoms with van der Waals surface area (Å²) in [6.45, 7) is 7.71. The Morgan fingerprint density at radius 2 is 1.91 bits per heavy atom. The molecule has 1 N–H and O–H groups in total. The molecule has 0 radical (unpaired) electrons. The summed E-state index contributed by atoms with van der Waals surface area (Å²) in [6, 6.07) is 15.3. The van der Waals surface area contributed by atoms with Crippen LogP contribution in [-0.4, -0.2) is 75.6 Å². The Morgan fingerprint density at radius 3 is 2.62 bits per heavy atom. The van der Waals surface area contributed by atoms with Crippen LogP contribution in [0.15, 0.2) is 42.5 Å². The summed E-state index contributed by atoms with van der Waals surface area (Å²) in [5.74, 6) is -0.174.